The minimum Gasteiger partial charge on any atom is -0.373 e. The van der Waals surface area contributed by atoms with E-state index in [4.69, 9.17) is 4.74 Å². The molecule has 0 radical (unpaired) electrons. The highest BCUT2D eigenvalue weighted by molar-refractivity contribution is 5.98. The van der Waals surface area contributed by atoms with Gasteiger partial charge in [0.1, 0.15) is 5.82 Å². The van der Waals surface area contributed by atoms with E-state index < -0.39 is 0 Å². The predicted octanol–water partition coefficient (Wildman–Crippen LogP) is 3.33. The first-order chi connectivity index (χ1) is 12.2. The minimum absolute atomic E-state index is 0.0778. The lowest BCUT2D eigenvalue weighted by molar-refractivity contribution is -0.0238. The summed E-state index contributed by atoms with van der Waals surface area (Å²) in [6, 6.07) is 12.1. The number of ether oxygens (including phenoxy) is 1. The molecule has 2 N–H and O–H groups in total. The van der Waals surface area contributed by atoms with Gasteiger partial charge in [0.15, 0.2) is 0 Å². The lowest BCUT2D eigenvalue weighted by atomic mass is 9.89. The fourth-order valence-electron chi connectivity index (χ4n) is 3.27. The van der Waals surface area contributed by atoms with Gasteiger partial charge in [-0.1, -0.05) is 29.8 Å². The highest BCUT2D eigenvalue weighted by Crippen LogP contribution is 2.34. The third-order valence-electron chi connectivity index (χ3n) is 4.66. The number of nitrogens with one attached hydrogen (secondary N) is 2. The smallest absolute Gasteiger partial charge is 0.254 e. The van der Waals surface area contributed by atoms with E-state index in [0.29, 0.717) is 17.3 Å². The number of pyridine rings is 1. The molecule has 3 rings (SSSR count). The van der Waals surface area contributed by atoms with E-state index >= 15 is 0 Å². The van der Waals surface area contributed by atoms with Crippen LogP contribution in [-0.2, 0) is 4.74 Å². The lowest BCUT2D eigenvalue weighted by Gasteiger charge is -2.32. The molecule has 0 bridgehead atoms. The van der Waals surface area contributed by atoms with Crippen LogP contribution in [0.2, 0.25) is 0 Å². The van der Waals surface area contributed by atoms with Gasteiger partial charge in [0.2, 0.25) is 0 Å². The SMILES string of the molecule is CNC(=O)c1cccnc1NCC1CCCOC1c1ccc(C)cc1. The Morgan fingerprint density at radius 3 is 2.84 bits per heavy atom. The zero-order valence-electron chi connectivity index (χ0n) is 14.8. The van der Waals surface area contributed by atoms with Gasteiger partial charge in [0, 0.05) is 32.3 Å². The largest absolute Gasteiger partial charge is 0.373 e. The van der Waals surface area contributed by atoms with Crippen LogP contribution in [0, 0.1) is 12.8 Å². The fourth-order valence-corrected chi connectivity index (χ4v) is 3.27. The third kappa shape index (κ3) is 4.17. The summed E-state index contributed by atoms with van der Waals surface area (Å²) in [5.41, 5.74) is 3.02. The molecular formula is C20H25N3O2. The second kappa shape index (κ2) is 8.12. The van der Waals surface area contributed by atoms with Gasteiger partial charge in [-0.3, -0.25) is 4.79 Å². The molecule has 0 spiro atoms. The van der Waals surface area contributed by atoms with Gasteiger partial charge in [-0.25, -0.2) is 4.98 Å². The van der Waals surface area contributed by atoms with E-state index in [2.05, 4.69) is 46.8 Å². The molecule has 0 aliphatic carbocycles. The summed E-state index contributed by atoms with van der Waals surface area (Å²) in [5, 5.41) is 6.01. The van der Waals surface area contributed by atoms with Crippen molar-refractivity contribution in [2.75, 3.05) is 25.5 Å². The zero-order chi connectivity index (χ0) is 17.6. The first kappa shape index (κ1) is 17.4. The maximum absolute atomic E-state index is 12.0. The molecule has 5 heteroatoms. The average molecular weight is 339 g/mol. The Bertz CT molecular complexity index is 715. The number of rotatable bonds is 5. The van der Waals surface area contributed by atoms with Crippen LogP contribution in [0.1, 0.15) is 40.4 Å². The number of amides is 1. The van der Waals surface area contributed by atoms with E-state index in [1.54, 1.807) is 25.4 Å². The van der Waals surface area contributed by atoms with E-state index in [1.807, 2.05) is 0 Å². The predicted molar refractivity (Wildman–Crippen MR) is 98.7 cm³/mol. The Labute approximate surface area is 148 Å². The molecule has 1 aliphatic heterocycles. The molecule has 2 unspecified atom stereocenters. The second-order valence-corrected chi connectivity index (χ2v) is 6.46. The number of benzene rings is 1. The van der Waals surface area contributed by atoms with Gasteiger partial charge in [-0.2, -0.15) is 0 Å². The van der Waals surface area contributed by atoms with Crippen LogP contribution in [0.15, 0.2) is 42.6 Å². The van der Waals surface area contributed by atoms with Crippen LogP contribution >= 0.6 is 0 Å². The fraction of sp³-hybridized carbons (Fsp3) is 0.400. The number of hydrogen-bond donors (Lipinski definition) is 2. The van der Waals surface area contributed by atoms with Crippen LogP contribution in [0.5, 0.6) is 0 Å². The third-order valence-corrected chi connectivity index (χ3v) is 4.66. The van der Waals surface area contributed by atoms with Gasteiger partial charge in [0.05, 0.1) is 11.7 Å². The highest BCUT2D eigenvalue weighted by atomic mass is 16.5. The van der Waals surface area contributed by atoms with Crippen molar-refractivity contribution in [1.82, 2.24) is 10.3 Å². The molecule has 1 fully saturated rings. The molecule has 132 valence electrons. The summed E-state index contributed by atoms with van der Waals surface area (Å²) >= 11 is 0. The number of carbonyl (C=O) groups is 1. The molecule has 1 aromatic carbocycles. The average Bonchev–Trinajstić information content (AvgIpc) is 2.67. The van der Waals surface area contributed by atoms with Crippen molar-refractivity contribution in [2.45, 2.75) is 25.9 Å². The first-order valence-corrected chi connectivity index (χ1v) is 8.78. The quantitative estimate of drug-likeness (QED) is 0.877. The number of nitrogens with zero attached hydrogens (tertiary/aromatic N) is 1. The topological polar surface area (TPSA) is 63.2 Å². The maximum Gasteiger partial charge on any atom is 0.254 e. The molecule has 25 heavy (non-hydrogen) atoms. The van der Waals surface area contributed by atoms with Crippen LogP contribution in [-0.4, -0.2) is 31.1 Å². The summed E-state index contributed by atoms with van der Waals surface area (Å²) in [4.78, 5) is 16.3. The molecule has 0 saturated carbocycles. The van der Waals surface area contributed by atoms with Crippen molar-refractivity contribution in [2.24, 2.45) is 5.92 Å². The molecule has 1 aromatic heterocycles. The van der Waals surface area contributed by atoms with E-state index in [9.17, 15) is 4.79 Å². The zero-order valence-corrected chi connectivity index (χ0v) is 14.8. The maximum atomic E-state index is 12.0. The molecule has 1 amide bonds. The van der Waals surface area contributed by atoms with Crippen LogP contribution < -0.4 is 10.6 Å². The first-order valence-electron chi connectivity index (χ1n) is 8.78. The van der Waals surface area contributed by atoms with Gasteiger partial charge in [-0.15, -0.1) is 0 Å². The Morgan fingerprint density at radius 2 is 2.08 bits per heavy atom. The van der Waals surface area contributed by atoms with Crippen LogP contribution in [0.25, 0.3) is 0 Å². The van der Waals surface area contributed by atoms with Gasteiger partial charge < -0.3 is 15.4 Å². The summed E-state index contributed by atoms with van der Waals surface area (Å²) in [6.07, 6.45) is 3.92. The number of aryl methyl sites for hydroxylation is 1. The number of anilines is 1. The normalized spacial score (nSPS) is 20.1. The molecule has 1 aliphatic rings. The van der Waals surface area contributed by atoms with Gasteiger partial charge >= 0.3 is 0 Å². The second-order valence-electron chi connectivity index (χ2n) is 6.46. The lowest BCUT2D eigenvalue weighted by Crippen LogP contribution is -2.29. The Balaban J connectivity index is 1.73. The van der Waals surface area contributed by atoms with Crippen molar-refractivity contribution in [3.63, 3.8) is 0 Å². The van der Waals surface area contributed by atoms with E-state index in [0.717, 1.165) is 26.0 Å². The molecule has 2 aromatic rings. The van der Waals surface area contributed by atoms with Crippen LogP contribution in [0.4, 0.5) is 5.82 Å². The summed E-state index contributed by atoms with van der Waals surface area (Å²) < 4.78 is 6.06. The molecule has 1 saturated heterocycles. The Kier molecular flexibility index (Phi) is 5.66. The number of carbonyl (C=O) groups excluding carboxylic acids is 1. The van der Waals surface area contributed by atoms with Crippen molar-refractivity contribution in [3.05, 3.63) is 59.3 Å². The van der Waals surface area contributed by atoms with E-state index in [1.165, 1.54) is 11.1 Å². The van der Waals surface area contributed by atoms with Crippen LogP contribution in [0.3, 0.4) is 0 Å². The Hall–Kier alpha value is -2.40. The number of hydrogen-bond acceptors (Lipinski definition) is 4. The van der Waals surface area contributed by atoms with Gasteiger partial charge in [-0.05, 0) is 37.5 Å². The van der Waals surface area contributed by atoms with Gasteiger partial charge in [0.25, 0.3) is 5.91 Å². The summed E-state index contributed by atoms with van der Waals surface area (Å²) in [6.45, 7) is 3.60. The highest BCUT2D eigenvalue weighted by Gasteiger charge is 2.27. The summed E-state index contributed by atoms with van der Waals surface area (Å²) in [5.74, 6) is 0.830. The number of aromatic nitrogens is 1. The monoisotopic (exact) mass is 339 g/mol. The van der Waals surface area contributed by atoms with Crippen molar-refractivity contribution in [1.29, 1.82) is 0 Å². The van der Waals surface area contributed by atoms with Crippen molar-refractivity contribution < 1.29 is 9.53 Å². The Morgan fingerprint density at radius 1 is 1.28 bits per heavy atom. The minimum atomic E-state index is -0.134. The van der Waals surface area contributed by atoms with E-state index in [-0.39, 0.29) is 12.0 Å². The summed E-state index contributed by atoms with van der Waals surface area (Å²) in [7, 11) is 1.63. The standard InChI is InChI=1S/C20H25N3O2/c1-14-7-9-15(10-8-14)18-16(5-4-12-25-18)13-23-19-17(20(24)21-2)6-3-11-22-19/h3,6-11,16,18H,4-5,12-13H2,1-2H3,(H,21,24)(H,22,23). The molecule has 2 heterocycles. The molecular weight excluding hydrogens is 314 g/mol. The molecule has 2 atom stereocenters. The van der Waals surface area contributed by atoms with Crippen molar-refractivity contribution >= 4 is 11.7 Å². The van der Waals surface area contributed by atoms with Crippen molar-refractivity contribution in [3.8, 4) is 0 Å². The molecule has 5 nitrogen and oxygen atoms in total.